The third kappa shape index (κ3) is 6.94. The number of para-hydroxylation sites is 1. The van der Waals surface area contributed by atoms with Gasteiger partial charge in [0.25, 0.3) is 0 Å². The molecule has 9 heteroatoms. The minimum Gasteiger partial charge on any atom is -0.369 e. The number of rotatable bonds is 8. The highest BCUT2D eigenvalue weighted by molar-refractivity contribution is 6.00. The van der Waals surface area contributed by atoms with Crippen LogP contribution < -0.4 is 15.5 Å². The van der Waals surface area contributed by atoms with Crippen LogP contribution in [0.5, 0.6) is 0 Å². The van der Waals surface area contributed by atoms with E-state index in [1.54, 1.807) is 18.6 Å². The van der Waals surface area contributed by atoms with Crippen molar-refractivity contribution in [2.75, 3.05) is 54.9 Å². The van der Waals surface area contributed by atoms with E-state index in [-0.39, 0.29) is 12.6 Å². The van der Waals surface area contributed by atoms with Crippen LogP contribution in [0.4, 0.5) is 27.4 Å². The molecule has 2 N–H and O–H groups in total. The standard InChI is InChI=1S/C28H28FN7O.C2H6/c1-2-26(37)32-23-16-21(17-30-19-23)25-5-3-4-20-18-31-28(34-27(20)25)33-22-6-8-24(9-7-22)36-14-12-35(11-10-29)13-15-36;1-2/h2-9,16-19H,1,10-15H2,(H,32,37)(H,31,33,34);1-2H3. The average molecular weight is 528 g/mol. The van der Waals surface area contributed by atoms with Crippen LogP contribution >= 0.6 is 0 Å². The monoisotopic (exact) mass is 527 g/mol. The number of halogens is 1. The Labute approximate surface area is 228 Å². The molecule has 1 aliphatic rings. The first-order valence-electron chi connectivity index (χ1n) is 13.2. The van der Waals surface area contributed by atoms with Gasteiger partial charge >= 0.3 is 0 Å². The lowest BCUT2D eigenvalue weighted by Gasteiger charge is -2.35. The van der Waals surface area contributed by atoms with Crippen molar-refractivity contribution in [1.29, 1.82) is 0 Å². The predicted octanol–water partition coefficient (Wildman–Crippen LogP) is 5.68. The zero-order valence-electron chi connectivity index (χ0n) is 22.4. The number of carbonyl (C=O) groups is 1. The molecule has 0 saturated carbocycles. The van der Waals surface area contributed by atoms with E-state index in [1.165, 1.54) is 6.08 Å². The third-order valence-corrected chi connectivity index (χ3v) is 6.37. The highest BCUT2D eigenvalue weighted by atomic mass is 19.1. The summed E-state index contributed by atoms with van der Waals surface area (Å²) in [6.45, 7) is 11.2. The second kappa shape index (κ2) is 13.4. The smallest absolute Gasteiger partial charge is 0.247 e. The van der Waals surface area contributed by atoms with E-state index in [1.807, 2.05) is 50.2 Å². The van der Waals surface area contributed by atoms with Gasteiger partial charge in [-0.15, -0.1) is 0 Å². The van der Waals surface area contributed by atoms with Crippen LogP contribution in [0.15, 0.2) is 79.8 Å². The second-order valence-electron chi connectivity index (χ2n) is 8.78. The maximum absolute atomic E-state index is 12.6. The normalized spacial score (nSPS) is 13.4. The zero-order chi connectivity index (χ0) is 27.6. The lowest BCUT2D eigenvalue weighted by atomic mass is 10.0. The molecule has 0 spiro atoms. The number of amides is 1. The van der Waals surface area contributed by atoms with Gasteiger partial charge in [-0.3, -0.25) is 14.7 Å². The highest BCUT2D eigenvalue weighted by Gasteiger charge is 2.17. The number of nitrogens with one attached hydrogen (secondary N) is 2. The van der Waals surface area contributed by atoms with E-state index in [0.29, 0.717) is 18.2 Å². The molecular formula is C30H34FN7O. The van der Waals surface area contributed by atoms with Crippen molar-refractivity contribution in [3.63, 3.8) is 0 Å². The van der Waals surface area contributed by atoms with Crippen LogP contribution in [0.1, 0.15) is 13.8 Å². The summed E-state index contributed by atoms with van der Waals surface area (Å²) in [5.41, 5.74) is 5.09. The molecule has 2 aromatic heterocycles. The molecule has 0 aliphatic carbocycles. The first-order chi connectivity index (χ1) is 19.1. The molecule has 1 amide bonds. The Morgan fingerprint density at radius 2 is 1.79 bits per heavy atom. The molecule has 4 aromatic rings. The Balaban J connectivity index is 0.00000172. The maximum Gasteiger partial charge on any atom is 0.247 e. The summed E-state index contributed by atoms with van der Waals surface area (Å²) in [6, 6.07) is 15.9. The van der Waals surface area contributed by atoms with Crippen LogP contribution in [0.25, 0.3) is 22.0 Å². The van der Waals surface area contributed by atoms with Crippen LogP contribution in [-0.4, -0.2) is 65.2 Å². The summed E-state index contributed by atoms with van der Waals surface area (Å²) in [6.07, 6.45) is 6.34. The molecule has 202 valence electrons. The van der Waals surface area contributed by atoms with E-state index in [0.717, 1.165) is 59.6 Å². The minimum atomic E-state index is -0.296. The van der Waals surface area contributed by atoms with Crippen molar-refractivity contribution in [3.05, 3.63) is 79.8 Å². The van der Waals surface area contributed by atoms with E-state index in [4.69, 9.17) is 4.98 Å². The predicted molar refractivity (Wildman–Crippen MR) is 157 cm³/mol. The third-order valence-electron chi connectivity index (χ3n) is 6.37. The lowest BCUT2D eigenvalue weighted by Crippen LogP contribution is -2.47. The van der Waals surface area contributed by atoms with Crippen molar-refractivity contribution >= 4 is 39.8 Å². The summed E-state index contributed by atoms with van der Waals surface area (Å²) in [4.78, 5) is 29.7. The first-order valence-corrected chi connectivity index (χ1v) is 13.2. The first kappa shape index (κ1) is 27.7. The fourth-order valence-electron chi connectivity index (χ4n) is 4.43. The van der Waals surface area contributed by atoms with Gasteiger partial charge in [-0.25, -0.2) is 14.4 Å². The molecule has 1 aliphatic heterocycles. The Kier molecular flexibility index (Phi) is 9.53. The number of fused-ring (bicyclic) bond motifs is 1. The van der Waals surface area contributed by atoms with Gasteiger partial charge in [0.05, 0.1) is 17.4 Å². The molecule has 8 nitrogen and oxygen atoms in total. The van der Waals surface area contributed by atoms with Gasteiger partial charge in [-0.1, -0.05) is 38.6 Å². The molecule has 5 rings (SSSR count). The van der Waals surface area contributed by atoms with Gasteiger partial charge < -0.3 is 15.5 Å². The largest absolute Gasteiger partial charge is 0.369 e. The summed E-state index contributed by atoms with van der Waals surface area (Å²) in [7, 11) is 0. The average Bonchev–Trinajstić information content (AvgIpc) is 2.99. The molecular weight excluding hydrogens is 493 g/mol. The number of hydrogen-bond acceptors (Lipinski definition) is 7. The van der Waals surface area contributed by atoms with Gasteiger partial charge in [0, 0.05) is 73.0 Å². The lowest BCUT2D eigenvalue weighted by molar-refractivity contribution is -0.111. The summed E-state index contributed by atoms with van der Waals surface area (Å²) in [5, 5.41) is 6.94. The Hall–Kier alpha value is -4.37. The van der Waals surface area contributed by atoms with Crippen LogP contribution in [0, 0.1) is 0 Å². The van der Waals surface area contributed by atoms with Crippen LogP contribution in [0.3, 0.4) is 0 Å². The number of anilines is 4. The molecule has 0 unspecified atom stereocenters. The number of hydrogen-bond donors (Lipinski definition) is 2. The quantitative estimate of drug-likeness (QED) is 0.285. The Bertz CT molecular complexity index is 1400. The molecule has 1 fully saturated rings. The van der Waals surface area contributed by atoms with E-state index in [2.05, 4.69) is 49.1 Å². The van der Waals surface area contributed by atoms with E-state index < -0.39 is 0 Å². The van der Waals surface area contributed by atoms with Crippen molar-refractivity contribution in [3.8, 4) is 11.1 Å². The molecule has 3 heterocycles. The number of benzene rings is 2. The van der Waals surface area contributed by atoms with Gasteiger partial charge in [-0.05, 0) is 36.4 Å². The van der Waals surface area contributed by atoms with Crippen LogP contribution in [-0.2, 0) is 4.79 Å². The molecule has 2 aromatic carbocycles. The van der Waals surface area contributed by atoms with Gasteiger partial charge in [0.15, 0.2) is 0 Å². The highest BCUT2D eigenvalue weighted by Crippen LogP contribution is 2.29. The summed E-state index contributed by atoms with van der Waals surface area (Å²) >= 11 is 0. The van der Waals surface area contributed by atoms with E-state index in [9.17, 15) is 9.18 Å². The van der Waals surface area contributed by atoms with Crippen molar-refractivity contribution in [2.24, 2.45) is 0 Å². The van der Waals surface area contributed by atoms with Gasteiger partial charge in [0.1, 0.15) is 6.67 Å². The van der Waals surface area contributed by atoms with Crippen LogP contribution in [0.2, 0.25) is 0 Å². The number of piperazine rings is 1. The van der Waals surface area contributed by atoms with Gasteiger partial charge in [-0.2, -0.15) is 0 Å². The Morgan fingerprint density at radius 3 is 2.51 bits per heavy atom. The SMILES string of the molecule is C=CC(=O)Nc1cncc(-c2cccc3cnc(Nc4ccc(N5CCN(CCF)CC5)cc4)nc23)c1.CC. The minimum absolute atomic E-state index is 0.296. The number of aromatic nitrogens is 3. The number of nitrogens with zero attached hydrogens (tertiary/aromatic N) is 5. The number of alkyl halides is 1. The van der Waals surface area contributed by atoms with E-state index >= 15 is 0 Å². The van der Waals surface area contributed by atoms with Crippen molar-refractivity contribution in [1.82, 2.24) is 19.9 Å². The van der Waals surface area contributed by atoms with Gasteiger partial charge in [0.2, 0.25) is 11.9 Å². The zero-order valence-corrected chi connectivity index (χ0v) is 22.4. The number of pyridine rings is 1. The summed E-state index contributed by atoms with van der Waals surface area (Å²) < 4.78 is 12.6. The molecule has 0 bridgehead atoms. The maximum atomic E-state index is 12.6. The molecule has 0 radical (unpaired) electrons. The van der Waals surface area contributed by atoms with Crippen molar-refractivity contribution in [2.45, 2.75) is 13.8 Å². The second-order valence-corrected chi connectivity index (χ2v) is 8.78. The summed E-state index contributed by atoms with van der Waals surface area (Å²) in [5.74, 6) is 0.187. The molecule has 0 atom stereocenters. The van der Waals surface area contributed by atoms with Crippen molar-refractivity contribution < 1.29 is 9.18 Å². The molecule has 39 heavy (non-hydrogen) atoms. The Morgan fingerprint density at radius 1 is 1.03 bits per heavy atom. The topological polar surface area (TPSA) is 86.3 Å². The fraction of sp³-hybridized carbons (Fsp3) is 0.267. The number of carbonyl (C=O) groups excluding carboxylic acids is 1. The molecule has 1 saturated heterocycles. The fourth-order valence-corrected chi connectivity index (χ4v) is 4.43.